The van der Waals surface area contributed by atoms with Gasteiger partial charge in [0.2, 0.25) is 0 Å². The second kappa shape index (κ2) is 4.19. The Morgan fingerprint density at radius 1 is 1.43 bits per heavy atom. The highest BCUT2D eigenvalue weighted by molar-refractivity contribution is 7.18. The van der Waals surface area contributed by atoms with Crippen molar-refractivity contribution in [3.05, 3.63) is 30.7 Å². The SMILES string of the molecule is CCNc1ncc(-c2cccnc2)s1. The van der Waals surface area contributed by atoms with Gasteiger partial charge < -0.3 is 5.32 Å². The van der Waals surface area contributed by atoms with Gasteiger partial charge in [0.1, 0.15) is 0 Å². The van der Waals surface area contributed by atoms with Crippen molar-refractivity contribution in [2.24, 2.45) is 0 Å². The van der Waals surface area contributed by atoms with Crippen LogP contribution in [0.15, 0.2) is 30.7 Å². The third-order valence-corrected chi connectivity index (χ3v) is 2.78. The van der Waals surface area contributed by atoms with E-state index in [1.807, 2.05) is 24.5 Å². The molecule has 3 nitrogen and oxygen atoms in total. The molecule has 0 aliphatic carbocycles. The Morgan fingerprint density at radius 3 is 3.07 bits per heavy atom. The lowest BCUT2D eigenvalue weighted by Crippen LogP contribution is -1.94. The highest BCUT2D eigenvalue weighted by Gasteiger charge is 2.02. The lowest BCUT2D eigenvalue weighted by Gasteiger charge is -1.94. The molecule has 0 aliphatic rings. The normalized spacial score (nSPS) is 10.1. The van der Waals surface area contributed by atoms with Crippen LogP contribution in [0, 0.1) is 0 Å². The van der Waals surface area contributed by atoms with Gasteiger partial charge in [0.15, 0.2) is 5.13 Å². The largest absolute Gasteiger partial charge is 0.362 e. The van der Waals surface area contributed by atoms with Gasteiger partial charge in [0.05, 0.1) is 4.88 Å². The van der Waals surface area contributed by atoms with E-state index in [0.717, 1.165) is 22.1 Å². The van der Waals surface area contributed by atoms with Crippen LogP contribution in [0.1, 0.15) is 6.92 Å². The van der Waals surface area contributed by atoms with Gasteiger partial charge in [-0.2, -0.15) is 0 Å². The van der Waals surface area contributed by atoms with Gasteiger partial charge in [-0.3, -0.25) is 4.98 Å². The summed E-state index contributed by atoms with van der Waals surface area (Å²) in [6.45, 7) is 2.96. The molecule has 2 aromatic rings. The Hall–Kier alpha value is -1.42. The Morgan fingerprint density at radius 2 is 2.36 bits per heavy atom. The number of hydrogen-bond donors (Lipinski definition) is 1. The first-order valence-corrected chi connectivity index (χ1v) is 5.32. The fraction of sp³-hybridized carbons (Fsp3) is 0.200. The van der Waals surface area contributed by atoms with E-state index in [1.54, 1.807) is 17.5 Å². The first-order chi connectivity index (χ1) is 6.90. The molecule has 14 heavy (non-hydrogen) atoms. The summed E-state index contributed by atoms with van der Waals surface area (Å²) in [6.07, 6.45) is 5.50. The minimum Gasteiger partial charge on any atom is -0.362 e. The zero-order chi connectivity index (χ0) is 9.80. The van der Waals surface area contributed by atoms with E-state index in [9.17, 15) is 0 Å². The first-order valence-electron chi connectivity index (χ1n) is 4.50. The summed E-state index contributed by atoms with van der Waals surface area (Å²) in [5.41, 5.74) is 1.12. The average molecular weight is 205 g/mol. The molecule has 0 aliphatic heterocycles. The predicted octanol–water partition coefficient (Wildman–Crippen LogP) is 2.64. The minimum atomic E-state index is 0.903. The third-order valence-electron chi connectivity index (χ3n) is 1.78. The van der Waals surface area contributed by atoms with Gasteiger partial charge >= 0.3 is 0 Å². The van der Waals surface area contributed by atoms with E-state index >= 15 is 0 Å². The molecule has 0 spiro atoms. The Kier molecular flexibility index (Phi) is 2.74. The van der Waals surface area contributed by atoms with Gasteiger partial charge in [0.25, 0.3) is 0 Å². The molecule has 2 aromatic heterocycles. The summed E-state index contributed by atoms with van der Waals surface area (Å²) in [4.78, 5) is 9.48. The van der Waals surface area contributed by atoms with Crippen LogP contribution in [-0.4, -0.2) is 16.5 Å². The molecule has 0 atom stereocenters. The quantitative estimate of drug-likeness (QED) is 0.837. The summed E-state index contributed by atoms with van der Waals surface area (Å²) in [5, 5.41) is 4.15. The highest BCUT2D eigenvalue weighted by Crippen LogP contribution is 2.27. The lowest BCUT2D eigenvalue weighted by atomic mass is 10.3. The van der Waals surface area contributed by atoms with E-state index in [0.29, 0.717) is 0 Å². The maximum Gasteiger partial charge on any atom is 0.183 e. The number of pyridine rings is 1. The van der Waals surface area contributed by atoms with Crippen molar-refractivity contribution in [1.82, 2.24) is 9.97 Å². The van der Waals surface area contributed by atoms with Gasteiger partial charge in [-0.25, -0.2) is 4.98 Å². The zero-order valence-corrected chi connectivity index (χ0v) is 8.71. The van der Waals surface area contributed by atoms with Crippen molar-refractivity contribution in [3.63, 3.8) is 0 Å². The maximum atomic E-state index is 4.26. The molecule has 72 valence electrons. The van der Waals surface area contributed by atoms with Crippen molar-refractivity contribution in [2.45, 2.75) is 6.92 Å². The van der Waals surface area contributed by atoms with Crippen LogP contribution in [0.3, 0.4) is 0 Å². The molecule has 2 rings (SSSR count). The molecule has 0 aromatic carbocycles. The monoisotopic (exact) mass is 205 g/mol. The number of thiazole rings is 1. The molecule has 0 amide bonds. The number of nitrogens with zero attached hydrogens (tertiary/aromatic N) is 2. The van der Waals surface area contributed by atoms with E-state index in [-0.39, 0.29) is 0 Å². The predicted molar refractivity (Wildman–Crippen MR) is 59.5 cm³/mol. The van der Waals surface area contributed by atoms with E-state index < -0.39 is 0 Å². The van der Waals surface area contributed by atoms with Gasteiger partial charge in [-0.05, 0) is 13.0 Å². The van der Waals surface area contributed by atoms with Crippen molar-refractivity contribution in [3.8, 4) is 10.4 Å². The maximum absolute atomic E-state index is 4.26. The topological polar surface area (TPSA) is 37.8 Å². The molecule has 1 N–H and O–H groups in total. The van der Waals surface area contributed by atoms with Crippen LogP contribution in [0.5, 0.6) is 0 Å². The van der Waals surface area contributed by atoms with E-state index in [1.165, 1.54) is 0 Å². The van der Waals surface area contributed by atoms with Gasteiger partial charge in [0, 0.05) is 30.7 Å². The molecular weight excluding hydrogens is 194 g/mol. The molecule has 0 radical (unpaired) electrons. The molecule has 4 heteroatoms. The third kappa shape index (κ3) is 1.90. The van der Waals surface area contributed by atoms with Crippen LogP contribution in [0.2, 0.25) is 0 Å². The van der Waals surface area contributed by atoms with E-state index in [4.69, 9.17) is 0 Å². The summed E-state index contributed by atoms with van der Waals surface area (Å²) in [7, 11) is 0. The molecule has 0 saturated heterocycles. The second-order valence-electron chi connectivity index (χ2n) is 2.80. The molecule has 0 fully saturated rings. The number of aromatic nitrogens is 2. The van der Waals surface area contributed by atoms with Gasteiger partial charge in [-0.15, -0.1) is 0 Å². The fourth-order valence-corrected chi connectivity index (χ4v) is 2.02. The van der Waals surface area contributed by atoms with Crippen molar-refractivity contribution in [1.29, 1.82) is 0 Å². The smallest absolute Gasteiger partial charge is 0.183 e. The highest BCUT2D eigenvalue weighted by atomic mass is 32.1. The van der Waals surface area contributed by atoms with Gasteiger partial charge in [-0.1, -0.05) is 17.4 Å². The number of hydrogen-bond acceptors (Lipinski definition) is 4. The molecule has 0 saturated carbocycles. The lowest BCUT2D eigenvalue weighted by molar-refractivity contribution is 1.19. The number of anilines is 1. The average Bonchev–Trinajstić information content (AvgIpc) is 2.68. The Balaban J connectivity index is 2.25. The standard InChI is InChI=1S/C10H11N3S/c1-2-12-10-13-7-9(14-10)8-4-3-5-11-6-8/h3-7H,2H2,1H3,(H,12,13). The first kappa shape index (κ1) is 9.15. The number of nitrogens with one attached hydrogen (secondary N) is 1. The van der Waals surface area contributed by atoms with E-state index in [2.05, 4.69) is 22.2 Å². The van der Waals surface area contributed by atoms with Crippen LogP contribution in [0.4, 0.5) is 5.13 Å². The second-order valence-corrected chi connectivity index (χ2v) is 3.83. The van der Waals surface area contributed by atoms with Crippen LogP contribution < -0.4 is 5.32 Å². The van der Waals surface area contributed by atoms with Crippen molar-refractivity contribution >= 4 is 16.5 Å². The molecule has 2 heterocycles. The summed E-state index contributed by atoms with van der Waals surface area (Å²) >= 11 is 1.65. The zero-order valence-electron chi connectivity index (χ0n) is 7.90. The van der Waals surface area contributed by atoms with Crippen LogP contribution >= 0.6 is 11.3 Å². The van der Waals surface area contributed by atoms with Crippen molar-refractivity contribution in [2.75, 3.05) is 11.9 Å². The van der Waals surface area contributed by atoms with Crippen LogP contribution in [-0.2, 0) is 0 Å². The van der Waals surface area contributed by atoms with Crippen molar-refractivity contribution < 1.29 is 0 Å². The summed E-state index contributed by atoms with van der Waals surface area (Å²) < 4.78 is 0. The number of rotatable bonds is 3. The summed E-state index contributed by atoms with van der Waals surface area (Å²) in [5.74, 6) is 0. The fourth-order valence-electron chi connectivity index (χ4n) is 1.15. The molecular formula is C10H11N3S. The molecule has 0 bridgehead atoms. The molecule has 0 unspecified atom stereocenters. The minimum absolute atomic E-state index is 0.903. The Bertz CT molecular complexity index is 397. The van der Waals surface area contributed by atoms with Crippen LogP contribution in [0.25, 0.3) is 10.4 Å². The summed E-state index contributed by atoms with van der Waals surface area (Å²) in [6, 6.07) is 3.97. The Labute approximate surface area is 86.8 Å².